The minimum absolute atomic E-state index is 0.498. The van der Waals surface area contributed by atoms with Crippen LogP contribution in [0.25, 0.3) is 0 Å². The second-order valence-electron chi connectivity index (χ2n) is 10.3. The Morgan fingerprint density at radius 2 is 0.944 bits per heavy atom. The fourth-order valence-electron chi connectivity index (χ4n) is 4.34. The summed E-state index contributed by atoms with van der Waals surface area (Å²) >= 11 is 0. The first-order valence-electron chi connectivity index (χ1n) is 15.1. The van der Waals surface area contributed by atoms with Crippen LogP contribution in [-0.2, 0) is 14.2 Å². The average Bonchev–Trinajstić information content (AvgIpc) is 2.88. The summed E-state index contributed by atoms with van der Waals surface area (Å²) in [6.45, 7) is 3.82. The van der Waals surface area contributed by atoms with Crippen LogP contribution >= 0.6 is 0 Å². The molecule has 0 amide bonds. The Morgan fingerprint density at radius 3 is 1.36 bits per heavy atom. The lowest BCUT2D eigenvalue weighted by Crippen LogP contribution is -2.24. The smallest absolute Gasteiger partial charge is 0.159 e. The van der Waals surface area contributed by atoms with Crippen molar-refractivity contribution >= 4 is 0 Å². The van der Waals surface area contributed by atoms with Gasteiger partial charge in [0.15, 0.2) is 6.73 Å². The van der Waals surface area contributed by atoms with Gasteiger partial charge in [-0.1, -0.05) is 122 Å². The molecule has 0 heterocycles. The van der Waals surface area contributed by atoms with Gasteiger partial charge in [0.1, 0.15) is 13.5 Å². The molecule has 0 radical (unpaired) electrons. The van der Waals surface area contributed by atoms with Crippen LogP contribution in [0.2, 0.25) is 0 Å². The molecule has 5 heteroatoms. The van der Waals surface area contributed by atoms with Gasteiger partial charge in [-0.25, -0.2) is 0 Å². The normalized spacial score (nSPS) is 11.7. The maximum Gasteiger partial charge on any atom is 0.159 e. The molecule has 0 bridgehead atoms. The van der Waals surface area contributed by atoms with Crippen molar-refractivity contribution in [2.24, 2.45) is 0 Å². The number of ether oxygens (including phenoxy) is 3. The van der Waals surface area contributed by atoms with E-state index in [1.165, 1.54) is 122 Å². The molecule has 0 atom stereocenters. The second kappa shape index (κ2) is 30.0. The molecule has 0 spiro atoms. The van der Waals surface area contributed by atoms with Crippen molar-refractivity contribution in [3.05, 3.63) is 24.7 Å². The summed E-state index contributed by atoms with van der Waals surface area (Å²) in [5, 5.41) is 0. The molecule has 214 valence electrons. The van der Waals surface area contributed by atoms with E-state index in [9.17, 15) is 0 Å². The molecular weight excluding hydrogens is 448 g/mol. The van der Waals surface area contributed by atoms with Gasteiger partial charge in [0.25, 0.3) is 0 Å². The van der Waals surface area contributed by atoms with Crippen molar-refractivity contribution in [3.63, 3.8) is 0 Å². The summed E-state index contributed by atoms with van der Waals surface area (Å²) in [6, 6.07) is 0. The van der Waals surface area contributed by atoms with Crippen LogP contribution in [0.5, 0.6) is 0 Å². The molecule has 0 N–H and O–H groups in total. The Labute approximate surface area is 225 Å². The second-order valence-corrected chi connectivity index (χ2v) is 10.3. The summed E-state index contributed by atoms with van der Waals surface area (Å²) in [5.41, 5.74) is 0. The minimum Gasteiger partial charge on any atom is -0.481 e. The van der Waals surface area contributed by atoms with E-state index < -0.39 is 0 Å². The first kappa shape index (κ1) is 34.8. The van der Waals surface area contributed by atoms with Gasteiger partial charge in [0, 0.05) is 33.7 Å². The standard InChI is InChI=1S/C31H62N2O3/c1-5-6-7-8-9-10-11-12-13-14-15-16-17-18-19-20-21-22-23-24-25-28-36-29-32(2)26-27-33(30-34-3)31-35-4/h25-28H,5-24,29-31H2,1-4H3. The molecule has 36 heavy (non-hydrogen) atoms. The third-order valence-electron chi connectivity index (χ3n) is 6.57. The average molecular weight is 511 g/mol. The van der Waals surface area contributed by atoms with Crippen LogP contribution in [0.4, 0.5) is 0 Å². The van der Waals surface area contributed by atoms with Gasteiger partial charge in [-0.05, 0) is 18.9 Å². The summed E-state index contributed by atoms with van der Waals surface area (Å²) in [5.74, 6) is 0. The van der Waals surface area contributed by atoms with Gasteiger partial charge in [0.2, 0.25) is 0 Å². The van der Waals surface area contributed by atoms with E-state index in [1.54, 1.807) is 14.2 Å². The zero-order valence-electron chi connectivity index (χ0n) is 24.7. The van der Waals surface area contributed by atoms with Crippen LogP contribution in [0.3, 0.4) is 0 Å². The molecule has 0 fully saturated rings. The van der Waals surface area contributed by atoms with E-state index in [1.807, 2.05) is 35.5 Å². The van der Waals surface area contributed by atoms with Gasteiger partial charge in [-0.2, -0.15) is 0 Å². The Bertz CT molecular complexity index is 465. The predicted octanol–water partition coefficient (Wildman–Crippen LogP) is 9.21. The molecule has 0 aromatic rings. The first-order valence-corrected chi connectivity index (χ1v) is 15.1. The summed E-state index contributed by atoms with van der Waals surface area (Å²) in [4.78, 5) is 3.92. The predicted molar refractivity (Wildman–Crippen MR) is 156 cm³/mol. The van der Waals surface area contributed by atoms with Gasteiger partial charge in [-0.3, -0.25) is 0 Å². The molecule has 0 aliphatic heterocycles. The first-order chi connectivity index (χ1) is 17.7. The number of hydrogen-bond donors (Lipinski definition) is 0. The van der Waals surface area contributed by atoms with E-state index in [2.05, 4.69) is 13.0 Å². The van der Waals surface area contributed by atoms with Gasteiger partial charge >= 0.3 is 0 Å². The van der Waals surface area contributed by atoms with Crippen LogP contribution in [-0.4, -0.2) is 51.3 Å². The third kappa shape index (κ3) is 27.4. The maximum absolute atomic E-state index is 5.60. The lowest BCUT2D eigenvalue weighted by atomic mass is 10.0. The van der Waals surface area contributed by atoms with Crippen LogP contribution in [0, 0.1) is 0 Å². The summed E-state index contributed by atoms with van der Waals surface area (Å²) in [6.07, 6.45) is 36.0. The monoisotopic (exact) mass is 510 g/mol. The number of allylic oxidation sites excluding steroid dienone is 1. The largest absolute Gasteiger partial charge is 0.481 e. The molecule has 0 rings (SSSR count). The number of hydrogen-bond acceptors (Lipinski definition) is 5. The highest BCUT2D eigenvalue weighted by Gasteiger charge is 1.98. The Hall–Kier alpha value is -1.20. The van der Waals surface area contributed by atoms with E-state index in [0.29, 0.717) is 20.2 Å². The van der Waals surface area contributed by atoms with Crippen molar-refractivity contribution < 1.29 is 14.2 Å². The molecule has 0 saturated carbocycles. The molecule has 0 aromatic heterocycles. The van der Waals surface area contributed by atoms with Gasteiger partial charge in [-0.15, -0.1) is 0 Å². The molecule has 0 aliphatic carbocycles. The zero-order chi connectivity index (χ0) is 26.4. The Morgan fingerprint density at radius 1 is 0.528 bits per heavy atom. The van der Waals surface area contributed by atoms with Crippen molar-refractivity contribution in [2.45, 2.75) is 135 Å². The topological polar surface area (TPSA) is 34.2 Å². The Balaban J connectivity index is 3.32. The van der Waals surface area contributed by atoms with Gasteiger partial charge < -0.3 is 24.0 Å². The number of rotatable bonds is 29. The summed E-state index contributed by atoms with van der Waals surface area (Å²) < 4.78 is 15.9. The highest BCUT2D eigenvalue weighted by molar-refractivity contribution is 4.79. The number of unbranched alkanes of at least 4 members (excludes halogenated alkanes) is 19. The highest BCUT2D eigenvalue weighted by Crippen LogP contribution is 2.14. The minimum atomic E-state index is 0.498. The Kier molecular flexibility index (Phi) is 29.0. The highest BCUT2D eigenvalue weighted by atomic mass is 16.5. The fraction of sp³-hybridized carbons (Fsp3) is 0.871. The van der Waals surface area contributed by atoms with Gasteiger partial charge in [0.05, 0.1) is 6.26 Å². The van der Waals surface area contributed by atoms with E-state index in [0.717, 1.165) is 6.42 Å². The molecule has 0 saturated heterocycles. The summed E-state index contributed by atoms with van der Waals surface area (Å²) in [7, 11) is 5.34. The van der Waals surface area contributed by atoms with Crippen molar-refractivity contribution in [3.8, 4) is 0 Å². The third-order valence-corrected chi connectivity index (χ3v) is 6.57. The van der Waals surface area contributed by atoms with E-state index >= 15 is 0 Å². The molecule has 5 nitrogen and oxygen atoms in total. The SMILES string of the molecule is CCCCCCCCCCCCCCCCCCCCCC=COCN(C)C=CN(COC)COC. The lowest BCUT2D eigenvalue weighted by molar-refractivity contribution is 0.0162. The van der Waals surface area contributed by atoms with Crippen LogP contribution in [0.15, 0.2) is 24.7 Å². The molecule has 0 aromatic carbocycles. The van der Waals surface area contributed by atoms with Crippen LogP contribution in [0.1, 0.15) is 135 Å². The zero-order valence-corrected chi connectivity index (χ0v) is 24.7. The number of nitrogens with zero attached hydrogens (tertiary/aromatic N) is 2. The lowest BCUT2D eigenvalue weighted by Gasteiger charge is -2.20. The van der Waals surface area contributed by atoms with Crippen molar-refractivity contribution in [2.75, 3.05) is 41.5 Å². The molecule has 0 aliphatic rings. The maximum atomic E-state index is 5.60. The number of methoxy groups -OCH3 is 2. The van der Waals surface area contributed by atoms with E-state index in [4.69, 9.17) is 14.2 Å². The van der Waals surface area contributed by atoms with Crippen LogP contribution < -0.4 is 0 Å². The molecular formula is C31H62N2O3. The quantitative estimate of drug-likeness (QED) is 0.0569. The van der Waals surface area contributed by atoms with E-state index in [-0.39, 0.29) is 0 Å². The fourth-order valence-corrected chi connectivity index (χ4v) is 4.34. The van der Waals surface area contributed by atoms with Crippen molar-refractivity contribution in [1.29, 1.82) is 0 Å². The van der Waals surface area contributed by atoms with Crippen molar-refractivity contribution in [1.82, 2.24) is 9.80 Å². The molecule has 0 unspecified atom stereocenters.